The van der Waals surface area contributed by atoms with E-state index in [1.807, 2.05) is 6.92 Å². The smallest absolute Gasteiger partial charge is 0.271 e. The van der Waals surface area contributed by atoms with Crippen LogP contribution in [0.5, 0.6) is 0 Å². The van der Waals surface area contributed by atoms with Crippen LogP contribution < -0.4 is 10.6 Å². The van der Waals surface area contributed by atoms with Crippen molar-refractivity contribution in [1.82, 2.24) is 5.32 Å². The van der Waals surface area contributed by atoms with Crippen molar-refractivity contribution in [3.63, 3.8) is 0 Å². The maximum absolute atomic E-state index is 12.0. The van der Waals surface area contributed by atoms with Crippen molar-refractivity contribution in [3.05, 3.63) is 33.9 Å². The van der Waals surface area contributed by atoms with Crippen LogP contribution >= 0.6 is 0 Å². The van der Waals surface area contributed by atoms with Crippen molar-refractivity contribution in [2.24, 2.45) is 5.92 Å². The SMILES string of the molecule is Cc1ccc([N+](=O)[O-])cc1NC(=O)CC1CCCNC1. The molecule has 1 aliphatic heterocycles. The van der Waals surface area contributed by atoms with E-state index in [2.05, 4.69) is 10.6 Å². The van der Waals surface area contributed by atoms with Gasteiger partial charge in [-0.2, -0.15) is 0 Å². The van der Waals surface area contributed by atoms with Gasteiger partial charge in [-0.25, -0.2) is 0 Å². The topological polar surface area (TPSA) is 84.3 Å². The predicted molar refractivity (Wildman–Crippen MR) is 76.7 cm³/mol. The van der Waals surface area contributed by atoms with E-state index in [4.69, 9.17) is 0 Å². The predicted octanol–water partition coefficient (Wildman–Crippen LogP) is 2.23. The van der Waals surface area contributed by atoms with E-state index in [-0.39, 0.29) is 11.6 Å². The number of nitrogens with one attached hydrogen (secondary N) is 2. The fraction of sp³-hybridized carbons (Fsp3) is 0.500. The van der Waals surface area contributed by atoms with E-state index in [1.54, 1.807) is 6.07 Å². The fourth-order valence-corrected chi connectivity index (χ4v) is 2.42. The molecule has 1 aromatic carbocycles. The van der Waals surface area contributed by atoms with Crippen LogP contribution in [0, 0.1) is 23.0 Å². The first-order valence-corrected chi connectivity index (χ1v) is 6.82. The van der Waals surface area contributed by atoms with Crippen LogP contribution in [0.25, 0.3) is 0 Å². The lowest BCUT2D eigenvalue weighted by atomic mass is 9.96. The average Bonchev–Trinajstić information content (AvgIpc) is 2.42. The first kappa shape index (κ1) is 14.5. The summed E-state index contributed by atoms with van der Waals surface area (Å²) in [6, 6.07) is 4.50. The molecule has 0 spiro atoms. The minimum Gasteiger partial charge on any atom is -0.326 e. The molecule has 1 amide bonds. The summed E-state index contributed by atoms with van der Waals surface area (Å²) >= 11 is 0. The molecule has 2 rings (SSSR count). The molecule has 1 aromatic rings. The maximum atomic E-state index is 12.0. The van der Waals surface area contributed by atoms with E-state index < -0.39 is 4.92 Å². The molecule has 1 unspecified atom stereocenters. The van der Waals surface area contributed by atoms with Crippen molar-refractivity contribution in [2.45, 2.75) is 26.2 Å². The number of carbonyl (C=O) groups is 1. The highest BCUT2D eigenvalue weighted by molar-refractivity contribution is 5.92. The number of non-ortho nitro benzene ring substituents is 1. The number of piperidine rings is 1. The van der Waals surface area contributed by atoms with Crippen LogP contribution in [0.2, 0.25) is 0 Å². The molecule has 2 N–H and O–H groups in total. The summed E-state index contributed by atoms with van der Waals surface area (Å²) in [5.41, 5.74) is 1.34. The van der Waals surface area contributed by atoms with Gasteiger partial charge in [0.15, 0.2) is 0 Å². The molecule has 0 radical (unpaired) electrons. The highest BCUT2D eigenvalue weighted by Gasteiger charge is 2.18. The molecule has 1 saturated heterocycles. The standard InChI is InChI=1S/C14H19N3O3/c1-10-4-5-12(17(19)20)8-13(10)16-14(18)7-11-3-2-6-15-9-11/h4-5,8,11,15H,2-3,6-7,9H2,1H3,(H,16,18). The Kier molecular flexibility index (Phi) is 4.68. The minimum atomic E-state index is -0.458. The van der Waals surface area contributed by atoms with Crippen LogP contribution in [-0.2, 0) is 4.79 Å². The number of rotatable bonds is 4. The Bertz CT molecular complexity index is 510. The van der Waals surface area contributed by atoms with Crippen molar-refractivity contribution >= 4 is 17.3 Å². The second-order valence-electron chi connectivity index (χ2n) is 5.22. The molecule has 6 heteroatoms. The zero-order valence-corrected chi connectivity index (χ0v) is 11.5. The monoisotopic (exact) mass is 277 g/mol. The first-order valence-electron chi connectivity index (χ1n) is 6.82. The summed E-state index contributed by atoms with van der Waals surface area (Å²) in [7, 11) is 0. The lowest BCUT2D eigenvalue weighted by molar-refractivity contribution is -0.384. The van der Waals surface area contributed by atoms with Crippen molar-refractivity contribution < 1.29 is 9.72 Å². The summed E-state index contributed by atoms with van der Waals surface area (Å²) in [6.45, 7) is 3.70. The average molecular weight is 277 g/mol. The number of hydrogen-bond acceptors (Lipinski definition) is 4. The van der Waals surface area contributed by atoms with E-state index in [0.29, 0.717) is 18.0 Å². The number of aryl methyl sites for hydroxylation is 1. The summed E-state index contributed by atoms with van der Waals surface area (Å²) in [5.74, 6) is 0.269. The molecule has 1 atom stereocenters. The summed E-state index contributed by atoms with van der Waals surface area (Å²) < 4.78 is 0. The summed E-state index contributed by atoms with van der Waals surface area (Å²) in [4.78, 5) is 22.3. The largest absolute Gasteiger partial charge is 0.326 e. The van der Waals surface area contributed by atoms with Crippen molar-refractivity contribution in [3.8, 4) is 0 Å². The van der Waals surface area contributed by atoms with Gasteiger partial charge < -0.3 is 10.6 Å². The molecule has 0 aliphatic carbocycles. The molecule has 108 valence electrons. The molecule has 0 saturated carbocycles. The Hall–Kier alpha value is -1.95. The molecule has 0 bridgehead atoms. The lowest BCUT2D eigenvalue weighted by Gasteiger charge is -2.22. The van der Waals surface area contributed by atoms with Gasteiger partial charge in [0.05, 0.1) is 10.6 Å². The number of hydrogen-bond donors (Lipinski definition) is 2. The Labute approximate surface area is 117 Å². The number of nitro groups is 1. The highest BCUT2D eigenvalue weighted by Crippen LogP contribution is 2.23. The molecule has 0 aromatic heterocycles. The molecule has 20 heavy (non-hydrogen) atoms. The number of nitrogens with zero attached hydrogens (tertiary/aromatic N) is 1. The van der Waals surface area contributed by atoms with Gasteiger partial charge in [0.2, 0.25) is 5.91 Å². The zero-order valence-electron chi connectivity index (χ0n) is 11.5. The molecule has 1 heterocycles. The van der Waals surface area contributed by atoms with E-state index in [0.717, 1.165) is 31.5 Å². The number of benzene rings is 1. The van der Waals surface area contributed by atoms with Crippen LogP contribution in [0.15, 0.2) is 18.2 Å². The third-order valence-electron chi connectivity index (χ3n) is 3.58. The van der Waals surface area contributed by atoms with Gasteiger partial charge >= 0.3 is 0 Å². The van der Waals surface area contributed by atoms with E-state index >= 15 is 0 Å². The van der Waals surface area contributed by atoms with Crippen LogP contribution in [0.1, 0.15) is 24.8 Å². The van der Waals surface area contributed by atoms with Crippen LogP contribution in [-0.4, -0.2) is 23.9 Å². The lowest BCUT2D eigenvalue weighted by Crippen LogP contribution is -2.32. The fourth-order valence-electron chi connectivity index (χ4n) is 2.42. The van der Waals surface area contributed by atoms with Gasteiger partial charge in [0, 0.05) is 18.6 Å². The first-order chi connectivity index (χ1) is 9.56. The van der Waals surface area contributed by atoms with Crippen molar-refractivity contribution in [1.29, 1.82) is 0 Å². The Balaban J connectivity index is 1.99. The van der Waals surface area contributed by atoms with Crippen molar-refractivity contribution in [2.75, 3.05) is 18.4 Å². The maximum Gasteiger partial charge on any atom is 0.271 e. The Morgan fingerprint density at radius 3 is 3.00 bits per heavy atom. The quantitative estimate of drug-likeness (QED) is 0.653. The minimum absolute atomic E-state index is 0.00904. The van der Waals surface area contributed by atoms with E-state index in [1.165, 1.54) is 12.1 Å². The van der Waals surface area contributed by atoms with E-state index in [9.17, 15) is 14.9 Å². The zero-order chi connectivity index (χ0) is 14.5. The van der Waals surface area contributed by atoms with Gasteiger partial charge in [0.1, 0.15) is 0 Å². The summed E-state index contributed by atoms with van der Waals surface area (Å²) in [5, 5.41) is 16.8. The summed E-state index contributed by atoms with van der Waals surface area (Å²) in [6.07, 6.45) is 2.59. The molecular weight excluding hydrogens is 258 g/mol. The van der Waals surface area contributed by atoms with Gasteiger partial charge in [-0.1, -0.05) is 6.07 Å². The molecule has 1 fully saturated rings. The third kappa shape index (κ3) is 3.77. The van der Waals surface area contributed by atoms with Gasteiger partial charge in [0.25, 0.3) is 5.69 Å². The number of amides is 1. The number of nitro benzene ring substituents is 1. The van der Waals surface area contributed by atoms with Gasteiger partial charge in [-0.05, 0) is 44.3 Å². The van der Waals surface area contributed by atoms with Gasteiger partial charge in [-0.15, -0.1) is 0 Å². The van der Waals surface area contributed by atoms with Crippen LogP contribution in [0.4, 0.5) is 11.4 Å². The molecular formula is C14H19N3O3. The Morgan fingerprint density at radius 1 is 1.55 bits per heavy atom. The highest BCUT2D eigenvalue weighted by atomic mass is 16.6. The number of anilines is 1. The second-order valence-corrected chi connectivity index (χ2v) is 5.22. The molecule has 1 aliphatic rings. The second kappa shape index (κ2) is 6.47. The van der Waals surface area contributed by atoms with Gasteiger partial charge in [-0.3, -0.25) is 14.9 Å². The number of carbonyl (C=O) groups excluding carboxylic acids is 1. The van der Waals surface area contributed by atoms with Crippen LogP contribution in [0.3, 0.4) is 0 Å². The Morgan fingerprint density at radius 2 is 2.35 bits per heavy atom. The molecule has 6 nitrogen and oxygen atoms in total. The normalized spacial score (nSPS) is 18.6. The third-order valence-corrected chi connectivity index (χ3v) is 3.58.